The van der Waals surface area contributed by atoms with Crippen molar-refractivity contribution in [2.45, 2.75) is 32.6 Å². The summed E-state index contributed by atoms with van der Waals surface area (Å²) in [5.74, 6) is 0.827. The number of alkyl halides is 1. The van der Waals surface area contributed by atoms with Crippen LogP contribution in [0.15, 0.2) is 12.2 Å². The zero-order valence-corrected chi connectivity index (χ0v) is 7.32. The monoisotopic (exact) mass is 158 g/mol. The summed E-state index contributed by atoms with van der Waals surface area (Å²) < 4.78 is 0. The topological polar surface area (TPSA) is 0 Å². The molecule has 1 rings (SSSR count). The van der Waals surface area contributed by atoms with Crippen LogP contribution < -0.4 is 0 Å². The SMILES string of the molecule is CCC1(CCl)CC=CCC1. The van der Waals surface area contributed by atoms with Gasteiger partial charge in [0.2, 0.25) is 0 Å². The minimum Gasteiger partial charge on any atom is -0.126 e. The molecule has 0 aromatic rings. The molecule has 0 saturated heterocycles. The molecule has 0 N–H and O–H groups in total. The summed E-state index contributed by atoms with van der Waals surface area (Å²) in [6.45, 7) is 2.24. The summed E-state index contributed by atoms with van der Waals surface area (Å²) in [5, 5.41) is 0. The van der Waals surface area contributed by atoms with E-state index in [4.69, 9.17) is 11.6 Å². The van der Waals surface area contributed by atoms with Crippen molar-refractivity contribution >= 4 is 11.6 Å². The molecule has 0 bridgehead atoms. The zero-order chi connectivity index (χ0) is 7.45. The lowest BCUT2D eigenvalue weighted by Gasteiger charge is -2.31. The molecule has 0 radical (unpaired) electrons. The van der Waals surface area contributed by atoms with Crippen LogP contribution in [-0.4, -0.2) is 5.88 Å². The summed E-state index contributed by atoms with van der Waals surface area (Å²) >= 11 is 5.90. The molecule has 0 aromatic carbocycles. The Morgan fingerprint density at radius 3 is 2.60 bits per heavy atom. The van der Waals surface area contributed by atoms with Gasteiger partial charge in [-0.15, -0.1) is 11.6 Å². The predicted molar refractivity (Wildman–Crippen MR) is 46.4 cm³/mol. The van der Waals surface area contributed by atoms with Crippen molar-refractivity contribution in [3.05, 3.63) is 12.2 Å². The van der Waals surface area contributed by atoms with Crippen LogP contribution in [0.1, 0.15) is 32.6 Å². The van der Waals surface area contributed by atoms with Crippen molar-refractivity contribution in [2.24, 2.45) is 5.41 Å². The Labute approximate surface area is 68.3 Å². The molecule has 1 atom stereocenters. The zero-order valence-electron chi connectivity index (χ0n) is 6.57. The van der Waals surface area contributed by atoms with E-state index in [2.05, 4.69) is 19.1 Å². The fourth-order valence-corrected chi connectivity index (χ4v) is 1.91. The maximum absolute atomic E-state index is 5.90. The fraction of sp³-hybridized carbons (Fsp3) is 0.778. The Bertz CT molecular complexity index is 123. The third-order valence-corrected chi connectivity index (χ3v) is 3.16. The molecule has 1 heteroatoms. The molecule has 0 amide bonds. The summed E-state index contributed by atoms with van der Waals surface area (Å²) in [5.41, 5.74) is 0.441. The molecule has 10 heavy (non-hydrogen) atoms. The van der Waals surface area contributed by atoms with Gasteiger partial charge in [-0.2, -0.15) is 0 Å². The van der Waals surface area contributed by atoms with Gasteiger partial charge >= 0.3 is 0 Å². The van der Waals surface area contributed by atoms with Crippen LogP contribution in [0.4, 0.5) is 0 Å². The van der Waals surface area contributed by atoms with E-state index >= 15 is 0 Å². The van der Waals surface area contributed by atoms with E-state index in [1.54, 1.807) is 0 Å². The van der Waals surface area contributed by atoms with E-state index in [0.29, 0.717) is 5.41 Å². The Kier molecular flexibility index (Phi) is 2.79. The highest BCUT2D eigenvalue weighted by molar-refractivity contribution is 6.18. The highest BCUT2D eigenvalue weighted by Crippen LogP contribution is 2.36. The van der Waals surface area contributed by atoms with Gasteiger partial charge < -0.3 is 0 Å². The second-order valence-electron chi connectivity index (χ2n) is 3.20. The molecule has 0 saturated carbocycles. The summed E-state index contributed by atoms with van der Waals surface area (Å²) in [4.78, 5) is 0. The average molecular weight is 159 g/mol. The van der Waals surface area contributed by atoms with Gasteiger partial charge in [0, 0.05) is 5.88 Å². The van der Waals surface area contributed by atoms with Gasteiger partial charge in [-0.1, -0.05) is 19.1 Å². The van der Waals surface area contributed by atoms with E-state index in [9.17, 15) is 0 Å². The Morgan fingerprint density at radius 2 is 2.30 bits per heavy atom. The van der Waals surface area contributed by atoms with Crippen molar-refractivity contribution in [1.82, 2.24) is 0 Å². The molecule has 0 spiro atoms. The van der Waals surface area contributed by atoms with Gasteiger partial charge in [0.25, 0.3) is 0 Å². The number of hydrogen-bond acceptors (Lipinski definition) is 0. The molecule has 58 valence electrons. The predicted octanol–water partition coefficient (Wildman–Crippen LogP) is 3.36. The van der Waals surface area contributed by atoms with Gasteiger partial charge in [0.1, 0.15) is 0 Å². The Balaban J connectivity index is 2.55. The lowest BCUT2D eigenvalue weighted by atomic mass is 9.77. The first-order valence-corrected chi connectivity index (χ1v) is 4.57. The quantitative estimate of drug-likeness (QED) is 0.427. The van der Waals surface area contributed by atoms with E-state index in [-0.39, 0.29) is 0 Å². The van der Waals surface area contributed by atoms with Crippen LogP contribution in [0.5, 0.6) is 0 Å². The van der Waals surface area contributed by atoms with Crippen LogP contribution in [0.25, 0.3) is 0 Å². The summed E-state index contributed by atoms with van der Waals surface area (Å²) in [7, 11) is 0. The van der Waals surface area contributed by atoms with E-state index in [1.165, 1.54) is 25.7 Å². The molecule has 0 nitrogen and oxygen atoms in total. The lowest BCUT2D eigenvalue weighted by molar-refractivity contribution is 0.286. The minimum absolute atomic E-state index is 0.441. The van der Waals surface area contributed by atoms with Crippen molar-refractivity contribution < 1.29 is 0 Å². The van der Waals surface area contributed by atoms with Crippen molar-refractivity contribution in [1.29, 1.82) is 0 Å². The number of halogens is 1. The third kappa shape index (κ3) is 1.54. The first kappa shape index (κ1) is 8.13. The van der Waals surface area contributed by atoms with Gasteiger partial charge in [0.15, 0.2) is 0 Å². The first-order valence-electron chi connectivity index (χ1n) is 4.04. The molecule has 0 aliphatic heterocycles. The van der Waals surface area contributed by atoms with Crippen LogP contribution in [-0.2, 0) is 0 Å². The maximum Gasteiger partial charge on any atom is 0.0282 e. The van der Waals surface area contributed by atoms with Crippen LogP contribution in [0.2, 0.25) is 0 Å². The van der Waals surface area contributed by atoms with Crippen LogP contribution in [0, 0.1) is 5.41 Å². The van der Waals surface area contributed by atoms with Crippen molar-refractivity contribution in [3.63, 3.8) is 0 Å². The summed E-state index contributed by atoms with van der Waals surface area (Å²) in [6.07, 6.45) is 9.45. The van der Waals surface area contributed by atoms with E-state index in [1.807, 2.05) is 0 Å². The van der Waals surface area contributed by atoms with Gasteiger partial charge in [-0.05, 0) is 31.1 Å². The van der Waals surface area contributed by atoms with Gasteiger partial charge in [0.05, 0.1) is 0 Å². The summed E-state index contributed by atoms with van der Waals surface area (Å²) in [6, 6.07) is 0. The van der Waals surface area contributed by atoms with E-state index < -0.39 is 0 Å². The van der Waals surface area contributed by atoms with Crippen LogP contribution >= 0.6 is 11.6 Å². The Morgan fingerprint density at radius 1 is 1.50 bits per heavy atom. The normalized spacial score (nSPS) is 32.6. The Hall–Kier alpha value is 0.0300. The number of hydrogen-bond donors (Lipinski definition) is 0. The van der Waals surface area contributed by atoms with Gasteiger partial charge in [-0.3, -0.25) is 0 Å². The minimum atomic E-state index is 0.441. The fourth-order valence-electron chi connectivity index (χ4n) is 1.48. The molecule has 0 heterocycles. The molecule has 0 fully saturated rings. The molecule has 1 aliphatic carbocycles. The second kappa shape index (κ2) is 3.43. The standard InChI is InChI=1S/C9H15Cl/c1-2-9(8-10)6-4-3-5-7-9/h3-4H,2,5-8H2,1H3. The highest BCUT2D eigenvalue weighted by Gasteiger charge is 2.26. The van der Waals surface area contributed by atoms with Gasteiger partial charge in [-0.25, -0.2) is 0 Å². The largest absolute Gasteiger partial charge is 0.126 e. The lowest BCUT2D eigenvalue weighted by Crippen LogP contribution is -2.22. The van der Waals surface area contributed by atoms with Crippen LogP contribution in [0.3, 0.4) is 0 Å². The third-order valence-electron chi connectivity index (χ3n) is 2.59. The molecular formula is C9H15Cl. The average Bonchev–Trinajstić information content (AvgIpc) is 2.06. The maximum atomic E-state index is 5.90. The molecular weight excluding hydrogens is 144 g/mol. The molecule has 1 unspecified atom stereocenters. The highest BCUT2D eigenvalue weighted by atomic mass is 35.5. The van der Waals surface area contributed by atoms with Crippen molar-refractivity contribution in [2.75, 3.05) is 5.88 Å². The van der Waals surface area contributed by atoms with E-state index in [0.717, 1.165) is 5.88 Å². The second-order valence-corrected chi connectivity index (χ2v) is 3.47. The smallest absolute Gasteiger partial charge is 0.0282 e. The van der Waals surface area contributed by atoms with Crippen molar-refractivity contribution in [3.8, 4) is 0 Å². The first-order chi connectivity index (χ1) is 4.83. The molecule has 0 aromatic heterocycles. The molecule has 1 aliphatic rings. The number of allylic oxidation sites excluding steroid dienone is 2. The number of rotatable bonds is 2.